The Morgan fingerprint density at radius 1 is 1.19 bits per heavy atom. The fourth-order valence-corrected chi connectivity index (χ4v) is 3.19. The Morgan fingerprint density at radius 3 is 2.73 bits per heavy atom. The molecular formula is C19H13F2NO4. The largest absolute Gasteiger partial charge is 0.497 e. The quantitative estimate of drug-likeness (QED) is 0.736. The molecule has 4 rings (SSSR count). The lowest BCUT2D eigenvalue weighted by molar-refractivity contribution is 0.0692. The van der Waals surface area contributed by atoms with Crippen LogP contribution in [-0.4, -0.2) is 23.2 Å². The minimum absolute atomic E-state index is 0.0753. The first-order valence-electron chi connectivity index (χ1n) is 7.73. The summed E-state index contributed by atoms with van der Waals surface area (Å²) in [7, 11) is 1.39. The highest BCUT2D eigenvalue weighted by molar-refractivity contribution is 5.99. The van der Waals surface area contributed by atoms with Crippen molar-refractivity contribution in [2.75, 3.05) is 7.11 Å². The molecule has 2 heterocycles. The van der Waals surface area contributed by atoms with Gasteiger partial charge in [-0.25, -0.2) is 13.6 Å². The van der Waals surface area contributed by atoms with Crippen molar-refractivity contribution in [3.05, 3.63) is 59.3 Å². The van der Waals surface area contributed by atoms with Gasteiger partial charge in [0.15, 0.2) is 0 Å². The summed E-state index contributed by atoms with van der Waals surface area (Å²) >= 11 is 0. The van der Waals surface area contributed by atoms with Gasteiger partial charge in [0.2, 0.25) is 0 Å². The van der Waals surface area contributed by atoms with Crippen LogP contribution in [0.3, 0.4) is 0 Å². The van der Waals surface area contributed by atoms with Crippen LogP contribution in [0.1, 0.15) is 16.1 Å². The Bertz CT molecular complexity index is 1040. The fraction of sp³-hybridized carbons (Fsp3) is 0.105. The predicted molar refractivity (Wildman–Crippen MR) is 89.4 cm³/mol. The Labute approximate surface area is 146 Å². The Kier molecular flexibility index (Phi) is 3.64. The van der Waals surface area contributed by atoms with E-state index in [9.17, 15) is 18.7 Å². The summed E-state index contributed by atoms with van der Waals surface area (Å²) in [6.07, 6.45) is 0. The molecule has 0 fully saturated rings. The SMILES string of the molecule is COc1cc(F)cc(-c2c(C(=O)O)[nH]c3c2COc2ccc(F)cc2-3)c1. The second-order valence-electron chi connectivity index (χ2n) is 5.84. The summed E-state index contributed by atoms with van der Waals surface area (Å²) in [5.74, 6) is -1.54. The number of carboxylic acids is 1. The first-order chi connectivity index (χ1) is 12.5. The van der Waals surface area contributed by atoms with Gasteiger partial charge in [-0.1, -0.05) is 0 Å². The van der Waals surface area contributed by atoms with E-state index in [1.165, 1.54) is 37.4 Å². The molecule has 1 aliphatic rings. The highest BCUT2D eigenvalue weighted by atomic mass is 19.1. The molecule has 7 heteroatoms. The molecule has 0 aliphatic carbocycles. The summed E-state index contributed by atoms with van der Waals surface area (Å²) < 4.78 is 38.3. The van der Waals surface area contributed by atoms with Crippen LogP contribution in [0, 0.1) is 11.6 Å². The van der Waals surface area contributed by atoms with Gasteiger partial charge in [0.05, 0.1) is 12.8 Å². The van der Waals surface area contributed by atoms with Crippen molar-refractivity contribution in [3.63, 3.8) is 0 Å². The van der Waals surface area contributed by atoms with E-state index in [1.54, 1.807) is 6.07 Å². The predicted octanol–water partition coefficient (Wildman–Crippen LogP) is 4.23. The van der Waals surface area contributed by atoms with Crippen molar-refractivity contribution in [1.29, 1.82) is 0 Å². The van der Waals surface area contributed by atoms with E-state index in [2.05, 4.69) is 4.98 Å². The molecule has 0 unspecified atom stereocenters. The molecule has 2 N–H and O–H groups in total. The lowest BCUT2D eigenvalue weighted by Crippen LogP contribution is -2.05. The summed E-state index contributed by atoms with van der Waals surface area (Å²) in [5.41, 5.74) is 1.89. The maximum atomic E-state index is 13.9. The van der Waals surface area contributed by atoms with Gasteiger partial charge >= 0.3 is 5.97 Å². The zero-order valence-electron chi connectivity index (χ0n) is 13.6. The van der Waals surface area contributed by atoms with Crippen LogP contribution in [0.4, 0.5) is 8.78 Å². The number of benzene rings is 2. The number of halogens is 2. The van der Waals surface area contributed by atoms with Crippen LogP contribution in [0.15, 0.2) is 36.4 Å². The average Bonchev–Trinajstić information content (AvgIpc) is 3.01. The molecule has 1 aromatic heterocycles. The topological polar surface area (TPSA) is 71.5 Å². The second kappa shape index (κ2) is 5.87. The zero-order valence-corrected chi connectivity index (χ0v) is 13.6. The van der Waals surface area contributed by atoms with Crippen LogP contribution >= 0.6 is 0 Å². The lowest BCUT2D eigenvalue weighted by atomic mass is 9.96. The van der Waals surface area contributed by atoms with E-state index in [4.69, 9.17) is 9.47 Å². The number of aromatic amines is 1. The van der Waals surface area contributed by atoms with Gasteiger partial charge in [-0.05, 0) is 35.9 Å². The molecule has 0 saturated carbocycles. The first-order valence-corrected chi connectivity index (χ1v) is 7.73. The molecular weight excluding hydrogens is 344 g/mol. The molecule has 0 atom stereocenters. The molecule has 2 aromatic carbocycles. The Hall–Kier alpha value is -3.35. The number of ether oxygens (including phenoxy) is 2. The van der Waals surface area contributed by atoms with Crippen LogP contribution in [0.5, 0.6) is 11.5 Å². The molecule has 0 spiro atoms. The number of hydrogen-bond donors (Lipinski definition) is 2. The molecule has 3 aromatic rings. The summed E-state index contributed by atoms with van der Waals surface area (Å²) in [6.45, 7) is 0.0753. The molecule has 0 amide bonds. The van der Waals surface area contributed by atoms with Gasteiger partial charge in [0.25, 0.3) is 0 Å². The number of hydrogen-bond acceptors (Lipinski definition) is 3. The van der Waals surface area contributed by atoms with Crippen molar-refractivity contribution in [3.8, 4) is 33.9 Å². The number of carbonyl (C=O) groups is 1. The van der Waals surface area contributed by atoms with E-state index in [0.29, 0.717) is 33.7 Å². The van der Waals surface area contributed by atoms with Crippen LogP contribution in [-0.2, 0) is 6.61 Å². The van der Waals surface area contributed by atoms with Gasteiger partial charge in [0, 0.05) is 22.8 Å². The minimum atomic E-state index is -1.21. The number of aromatic carboxylic acids is 1. The summed E-state index contributed by atoms with van der Waals surface area (Å²) in [6, 6.07) is 7.98. The number of H-pyrrole nitrogens is 1. The lowest BCUT2D eigenvalue weighted by Gasteiger charge is -2.19. The van der Waals surface area contributed by atoms with Gasteiger partial charge in [-0.15, -0.1) is 0 Å². The van der Waals surface area contributed by atoms with E-state index < -0.39 is 17.6 Å². The number of aromatic nitrogens is 1. The van der Waals surface area contributed by atoms with E-state index in [1.807, 2.05) is 0 Å². The summed E-state index contributed by atoms with van der Waals surface area (Å²) in [4.78, 5) is 14.6. The average molecular weight is 357 g/mol. The fourth-order valence-electron chi connectivity index (χ4n) is 3.19. The monoisotopic (exact) mass is 357 g/mol. The molecule has 0 bridgehead atoms. The third-order valence-corrected chi connectivity index (χ3v) is 4.30. The third-order valence-electron chi connectivity index (χ3n) is 4.30. The molecule has 1 aliphatic heterocycles. The van der Waals surface area contributed by atoms with Crippen molar-refractivity contribution in [2.45, 2.75) is 6.61 Å². The zero-order chi connectivity index (χ0) is 18.4. The molecule has 0 radical (unpaired) electrons. The van der Waals surface area contributed by atoms with E-state index in [-0.39, 0.29) is 18.1 Å². The van der Waals surface area contributed by atoms with Gasteiger partial charge < -0.3 is 19.6 Å². The van der Waals surface area contributed by atoms with Crippen LogP contribution in [0.25, 0.3) is 22.4 Å². The molecule has 26 heavy (non-hydrogen) atoms. The standard InChI is InChI=1S/C19H13F2NO4/c1-25-12-5-9(4-11(21)6-12)16-14-8-26-15-3-2-10(20)7-13(15)17(14)22-18(16)19(23)24/h2-7,22H,8H2,1H3,(H,23,24). The number of fused-ring (bicyclic) bond motifs is 3. The van der Waals surface area contributed by atoms with Crippen molar-refractivity contribution in [2.24, 2.45) is 0 Å². The maximum absolute atomic E-state index is 13.9. The van der Waals surface area contributed by atoms with Gasteiger partial charge in [-0.3, -0.25) is 0 Å². The van der Waals surface area contributed by atoms with Crippen molar-refractivity contribution >= 4 is 5.97 Å². The third kappa shape index (κ3) is 2.48. The normalized spacial score (nSPS) is 12.1. The van der Waals surface area contributed by atoms with Crippen LogP contribution < -0.4 is 9.47 Å². The number of carboxylic acid groups (broad SMARTS) is 1. The first kappa shape index (κ1) is 16.1. The number of nitrogens with one attached hydrogen (secondary N) is 1. The molecule has 5 nitrogen and oxygen atoms in total. The smallest absolute Gasteiger partial charge is 0.352 e. The van der Waals surface area contributed by atoms with Crippen LogP contribution in [0.2, 0.25) is 0 Å². The van der Waals surface area contributed by atoms with E-state index in [0.717, 1.165) is 0 Å². The second-order valence-corrected chi connectivity index (χ2v) is 5.84. The summed E-state index contributed by atoms with van der Waals surface area (Å²) in [5, 5.41) is 9.60. The maximum Gasteiger partial charge on any atom is 0.352 e. The number of methoxy groups -OCH3 is 1. The minimum Gasteiger partial charge on any atom is -0.497 e. The van der Waals surface area contributed by atoms with Gasteiger partial charge in [0.1, 0.15) is 35.4 Å². The van der Waals surface area contributed by atoms with E-state index >= 15 is 0 Å². The molecule has 0 saturated heterocycles. The van der Waals surface area contributed by atoms with Gasteiger partial charge in [-0.2, -0.15) is 0 Å². The Morgan fingerprint density at radius 2 is 2.00 bits per heavy atom. The Balaban J connectivity index is 2.00. The van der Waals surface area contributed by atoms with Crippen molar-refractivity contribution in [1.82, 2.24) is 4.98 Å². The van der Waals surface area contributed by atoms with Crippen molar-refractivity contribution < 1.29 is 28.2 Å². The number of rotatable bonds is 3. The highest BCUT2D eigenvalue weighted by Crippen LogP contribution is 2.43. The molecule has 132 valence electrons. The highest BCUT2D eigenvalue weighted by Gasteiger charge is 2.29.